The second kappa shape index (κ2) is 7.99. The molecular weight excluding hydrogens is 336 g/mol. The van der Waals surface area contributed by atoms with E-state index >= 15 is 0 Å². The lowest BCUT2D eigenvalue weighted by molar-refractivity contribution is -0.127. The fourth-order valence-electron chi connectivity index (χ4n) is 3.04. The molecule has 0 N–H and O–H groups in total. The van der Waals surface area contributed by atoms with Crippen LogP contribution in [0.15, 0.2) is 72.9 Å². The summed E-state index contributed by atoms with van der Waals surface area (Å²) in [6, 6.07) is 20.6. The number of rotatable bonds is 7. The molecule has 2 aromatic carbocycles. The minimum atomic E-state index is 0.0268. The predicted molar refractivity (Wildman–Crippen MR) is 105 cm³/mol. The maximum Gasteiger partial charge on any atom is 0.247 e. The molecule has 1 fully saturated rings. The van der Waals surface area contributed by atoms with E-state index in [-0.39, 0.29) is 5.91 Å². The highest BCUT2D eigenvalue weighted by molar-refractivity contribution is 5.91. The fraction of sp³-hybridized carbons (Fsp3) is 0.227. The van der Waals surface area contributed by atoms with Crippen LogP contribution in [0.1, 0.15) is 29.7 Å². The Morgan fingerprint density at radius 3 is 2.37 bits per heavy atom. The Labute approximate surface area is 158 Å². The van der Waals surface area contributed by atoms with Crippen molar-refractivity contribution < 1.29 is 4.79 Å². The molecule has 0 spiro atoms. The van der Waals surface area contributed by atoms with Gasteiger partial charge in [-0.25, -0.2) is 4.68 Å². The largest absolute Gasteiger partial charge is 0.332 e. The average molecular weight is 358 g/mol. The minimum Gasteiger partial charge on any atom is -0.332 e. The first-order valence-electron chi connectivity index (χ1n) is 9.24. The molecule has 1 aromatic heterocycles. The first kappa shape index (κ1) is 17.2. The Balaban J connectivity index is 1.40. The Bertz CT molecular complexity index is 914. The minimum absolute atomic E-state index is 0.0268. The summed E-state index contributed by atoms with van der Waals surface area (Å²) in [5.41, 5.74) is 3.01. The lowest BCUT2D eigenvalue weighted by atomic mass is 10.2. The third kappa shape index (κ3) is 4.70. The van der Waals surface area contributed by atoms with E-state index in [2.05, 4.69) is 34.6 Å². The van der Waals surface area contributed by atoms with Gasteiger partial charge in [0.2, 0.25) is 5.91 Å². The van der Waals surface area contributed by atoms with Crippen LogP contribution in [0.2, 0.25) is 0 Å². The van der Waals surface area contributed by atoms with E-state index in [0.29, 0.717) is 24.8 Å². The van der Waals surface area contributed by atoms with Crippen LogP contribution in [0.3, 0.4) is 0 Å². The molecule has 0 saturated heterocycles. The van der Waals surface area contributed by atoms with Crippen LogP contribution in [-0.4, -0.2) is 31.8 Å². The van der Waals surface area contributed by atoms with Gasteiger partial charge in [0.1, 0.15) is 5.69 Å². The zero-order valence-electron chi connectivity index (χ0n) is 15.1. The van der Waals surface area contributed by atoms with Crippen LogP contribution >= 0.6 is 0 Å². The van der Waals surface area contributed by atoms with Gasteiger partial charge in [0.25, 0.3) is 0 Å². The van der Waals surface area contributed by atoms with Gasteiger partial charge in [0.05, 0.1) is 12.7 Å². The highest BCUT2D eigenvalue weighted by atomic mass is 16.2. The zero-order chi connectivity index (χ0) is 18.5. The molecule has 27 heavy (non-hydrogen) atoms. The van der Waals surface area contributed by atoms with E-state index in [9.17, 15) is 4.79 Å². The summed E-state index contributed by atoms with van der Waals surface area (Å²) in [4.78, 5) is 14.6. The molecule has 0 aliphatic heterocycles. The van der Waals surface area contributed by atoms with Gasteiger partial charge in [-0.1, -0.05) is 65.9 Å². The first-order valence-corrected chi connectivity index (χ1v) is 9.24. The van der Waals surface area contributed by atoms with E-state index < -0.39 is 0 Å². The van der Waals surface area contributed by atoms with E-state index in [1.165, 1.54) is 0 Å². The molecule has 5 nitrogen and oxygen atoms in total. The molecule has 1 saturated carbocycles. The molecule has 1 heterocycles. The molecular formula is C22H22N4O. The van der Waals surface area contributed by atoms with Crippen molar-refractivity contribution in [3.63, 3.8) is 0 Å². The molecule has 0 bridgehead atoms. The van der Waals surface area contributed by atoms with Gasteiger partial charge in [-0.05, 0) is 30.0 Å². The van der Waals surface area contributed by atoms with E-state index in [1.807, 2.05) is 47.5 Å². The van der Waals surface area contributed by atoms with Crippen molar-refractivity contribution in [2.24, 2.45) is 0 Å². The standard InChI is InChI=1S/C22H22N4O/c27-22(26(21-12-13-21)16-19-9-5-2-6-10-19)14-11-20-17-25(24-23-20)15-18-7-3-1-4-8-18/h1-11,14,17,21H,12-13,15-16H2/b14-11+. The molecule has 1 aliphatic rings. The topological polar surface area (TPSA) is 51.0 Å². The lowest BCUT2D eigenvalue weighted by Gasteiger charge is -2.20. The molecule has 1 amide bonds. The number of hydrogen-bond acceptors (Lipinski definition) is 3. The van der Waals surface area contributed by atoms with Crippen molar-refractivity contribution in [2.45, 2.75) is 32.0 Å². The van der Waals surface area contributed by atoms with Gasteiger partial charge in [-0.3, -0.25) is 4.79 Å². The molecule has 1 aliphatic carbocycles. The summed E-state index contributed by atoms with van der Waals surface area (Å²) in [6.07, 6.45) is 7.38. The van der Waals surface area contributed by atoms with Gasteiger partial charge in [-0.2, -0.15) is 0 Å². The number of carbonyl (C=O) groups excluding carboxylic acids is 1. The van der Waals surface area contributed by atoms with Crippen LogP contribution < -0.4 is 0 Å². The maximum atomic E-state index is 12.7. The molecule has 136 valence electrons. The van der Waals surface area contributed by atoms with Crippen LogP contribution in [0.4, 0.5) is 0 Å². The summed E-state index contributed by atoms with van der Waals surface area (Å²) in [6.45, 7) is 1.31. The molecule has 3 aromatic rings. The smallest absolute Gasteiger partial charge is 0.247 e. The maximum absolute atomic E-state index is 12.7. The number of hydrogen-bond donors (Lipinski definition) is 0. The van der Waals surface area contributed by atoms with Gasteiger partial charge in [0, 0.05) is 18.7 Å². The van der Waals surface area contributed by atoms with Gasteiger partial charge >= 0.3 is 0 Å². The van der Waals surface area contributed by atoms with Crippen molar-refractivity contribution in [3.05, 3.63) is 89.8 Å². The van der Waals surface area contributed by atoms with Crippen LogP contribution in [0, 0.1) is 0 Å². The van der Waals surface area contributed by atoms with Crippen molar-refractivity contribution >= 4 is 12.0 Å². The van der Waals surface area contributed by atoms with Gasteiger partial charge in [-0.15, -0.1) is 5.10 Å². The molecule has 0 radical (unpaired) electrons. The Hall–Kier alpha value is -3.21. The molecule has 0 unspecified atom stereocenters. The molecule has 5 heteroatoms. The number of nitrogens with zero attached hydrogens (tertiary/aromatic N) is 4. The highest BCUT2D eigenvalue weighted by Gasteiger charge is 2.31. The van der Waals surface area contributed by atoms with Gasteiger partial charge in [0.15, 0.2) is 0 Å². The van der Waals surface area contributed by atoms with Crippen molar-refractivity contribution in [2.75, 3.05) is 0 Å². The van der Waals surface area contributed by atoms with E-state index in [4.69, 9.17) is 0 Å². The van der Waals surface area contributed by atoms with E-state index in [0.717, 1.165) is 24.0 Å². The number of benzene rings is 2. The second-order valence-electron chi connectivity index (χ2n) is 6.84. The van der Waals surface area contributed by atoms with Crippen molar-refractivity contribution in [1.82, 2.24) is 19.9 Å². The zero-order valence-corrected chi connectivity index (χ0v) is 15.1. The fourth-order valence-corrected chi connectivity index (χ4v) is 3.04. The van der Waals surface area contributed by atoms with Crippen LogP contribution in [0.25, 0.3) is 6.08 Å². The predicted octanol–water partition coefficient (Wildman–Crippen LogP) is 3.53. The third-order valence-corrected chi connectivity index (χ3v) is 4.61. The highest BCUT2D eigenvalue weighted by Crippen LogP contribution is 2.28. The number of carbonyl (C=O) groups is 1. The summed E-state index contributed by atoms with van der Waals surface area (Å²) in [5, 5.41) is 8.28. The van der Waals surface area contributed by atoms with Crippen molar-refractivity contribution in [1.29, 1.82) is 0 Å². The van der Waals surface area contributed by atoms with Gasteiger partial charge < -0.3 is 4.90 Å². The monoisotopic (exact) mass is 358 g/mol. The average Bonchev–Trinajstić information content (AvgIpc) is 3.45. The quantitative estimate of drug-likeness (QED) is 0.607. The first-order chi connectivity index (χ1) is 13.3. The lowest BCUT2D eigenvalue weighted by Crippen LogP contribution is -2.31. The summed E-state index contributed by atoms with van der Waals surface area (Å²) < 4.78 is 1.78. The van der Waals surface area contributed by atoms with Crippen LogP contribution in [-0.2, 0) is 17.9 Å². The SMILES string of the molecule is O=C(/C=C/c1cn(Cc2ccccc2)nn1)N(Cc1ccccc1)C1CC1. The van der Waals surface area contributed by atoms with Crippen molar-refractivity contribution in [3.8, 4) is 0 Å². The third-order valence-electron chi connectivity index (χ3n) is 4.61. The van der Waals surface area contributed by atoms with Crippen LogP contribution in [0.5, 0.6) is 0 Å². The Morgan fingerprint density at radius 1 is 1.04 bits per heavy atom. The Kier molecular flexibility index (Phi) is 5.10. The summed E-state index contributed by atoms with van der Waals surface area (Å²) >= 11 is 0. The summed E-state index contributed by atoms with van der Waals surface area (Å²) in [5.74, 6) is 0.0268. The molecule has 4 rings (SSSR count). The normalized spacial score (nSPS) is 13.8. The second-order valence-corrected chi connectivity index (χ2v) is 6.84. The number of aromatic nitrogens is 3. The Morgan fingerprint density at radius 2 is 1.70 bits per heavy atom. The molecule has 0 atom stereocenters. The number of amides is 1. The van der Waals surface area contributed by atoms with E-state index in [1.54, 1.807) is 16.8 Å². The summed E-state index contributed by atoms with van der Waals surface area (Å²) in [7, 11) is 0.